The first-order valence-electron chi connectivity index (χ1n) is 8.08. The summed E-state index contributed by atoms with van der Waals surface area (Å²) in [6, 6.07) is 7.78. The van der Waals surface area contributed by atoms with Crippen LogP contribution in [0.4, 0.5) is 5.69 Å². The fraction of sp³-hybridized carbons (Fsp3) is 0.389. The summed E-state index contributed by atoms with van der Waals surface area (Å²) in [6.07, 6.45) is 2.31. The van der Waals surface area contributed by atoms with Gasteiger partial charge in [0.1, 0.15) is 0 Å². The summed E-state index contributed by atoms with van der Waals surface area (Å²) in [5.41, 5.74) is 4.02. The number of benzene rings is 1. The Labute approximate surface area is 142 Å². The molecule has 6 heteroatoms. The van der Waals surface area contributed by atoms with Crippen LogP contribution in [-0.4, -0.2) is 28.1 Å². The minimum Gasteiger partial charge on any atom is -0.356 e. The van der Waals surface area contributed by atoms with Crippen LogP contribution in [0.25, 0.3) is 0 Å². The highest BCUT2D eigenvalue weighted by atomic mass is 16.2. The van der Waals surface area contributed by atoms with E-state index in [9.17, 15) is 9.59 Å². The van der Waals surface area contributed by atoms with Crippen molar-refractivity contribution in [2.75, 3.05) is 11.9 Å². The molecule has 2 rings (SSSR count). The molecule has 128 valence electrons. The zero-order valence-electron chi connectivity index (χ0n) is 14.4. The normalized spacial score (nSPS) is 10.5. The predicted octanol–water partition coefficient (Wildman–Crippen LogP) is 2.34. The van der Waals surface area contributed by atoms with Crippen molar-refractivity contribution in [3.63, 3.8) is 0 Å². The van der Waals surface area contributed by atoms with Crippen molar-refractivity contribution in [2.24, 2.45) is 0 Å². The fourth-order valence-corrected chi connectivity index (χ4v) is 2.41. The third-order valence-electron chi connectivity index (χ3n) is 3.81. The van der Waals surface area contributed by atoms with Gasteiger partial charge < -0.3 is 10.6 Å². The summed E-state index contributed by atoms with van der Waals surface area (Å²) in [6.45, 7) is 6.79. The molecule has 0 saturated carbocycles. The Morgan fingerprint density at radius 2 is 1.88 bits per heavy atom. The lowest BCUT2D eigenvalue weighted by Crippen LogP contribution is -2.28. The van der Waals surface area contributed by atoms with E-state index < -0.39 is 0 Å². The van der Waals surface area contributed by atoms with Crippen molar-refractivity contribution in [3.8, 4) is 0 Å². The number of hydrogen-bond acceptors (Lipinski definition) is 3. The van der Waals surface area contributed by atoms with Crippen molar-refractivity contribution in [3.05, 3.63) is 47.3 Å². The van der Waals surface area contributed by atoms with Gasteiger partial charge in [0, 0.05) is 43.5 Å². The number of amides is 2. The van der Waals surface area contributed by atoms with Gasteiger partial charge in [-0.15, -0.1) is 0 Å². The molecule has 6 nitrogen and oxygen atoms in total. The summed E-state index contributed by atoms with van der Waals surface area (Å²) in [4.78, 5) is 23.7. The van der Waals surface area contributed by atoms with Gasteiger partial charge in [0.25, 0.3) is 0 Å². The highest BCUT2D eigenvalue weighted by Crippen LogP contribution is 2.15. The van der Waals surface area contributed by atoms with Gasteiger partial charge in [0.15, 0.2) is 0 Å². The van der Waals surface area contributed by atoms with Crippen molar-refractivity contribution in [2.45, 2.75) is 40.2 Å². The maximum atomic E-state index is 11.9. The first-order valence-corrected chi connectivity index (χ1v) is 8.08. The molecule has 0 aliphatic carbocycles. The molecule has 1 aromatic carbocycles. The van der Waals surface area contributed by atoms with Crippen molar-refractivity contribution in [1.29, 1.82) is 0 Å². The second kappa shape index (κ2) is 8.29. The predicted molar refractivity (Wildman–Crippen MR) is 93.8 cm³/mol. The Bertz CT molecular complexity index is 722. The lowest BCUT2D eigenvalue weighted by Gasteiger charge is -2.10. The first kappa shape index (κ1) is 17.7. The van der Waals surface area contributed by atoms with Gasteiger partial charge in [-0.1, -0.05) is 17.7 Å². The molecule has 0 unspecified atom stereocenters. The fourth-order valence-electron chi connectivity index (χ4n) is 2.41. The number of carbonyl (C=O) groups excluding carboxylic acids is 2. The summed E-state index contributed by atoms with van der Waals surface area (Å²) >= 11 is 0. The zero-order chi connectivity index (χ0) is 17.5. The van der Waals surface area contributed by atoms with E-state index in [1.54, 1.807) is 10.9 Å². The van der Waals surface area contributed by atoms with Crippen LogP contribution in [-0.2, 0) is 16.1 Å². The molecule has 24 heavy (non-hydrogen) atoms. The molecule has 0 aliphatic heterocycles. The standard InChI is InChI=1S/C18H24N4O2/c1-13-4-5-16(14(2)12-13)21-18(24)7-9-19-17(23)8-11-22-15(3)6-10-20-22/h4-6,10,12H,7-9,11H2,1-3H3,(H,19,23)(H,21,24). The number of carbonyl (C=O) groups is 2. The molecule has 2 aromatic rings. The number of aryl methyl sites for hydroxylation is 4. The number of rotatable bonds is 7. The molecule has 0 saturated heterocycles. The summed E-state index contributed by atoms with van der Waals surface area (Å²) < 4.78 is 1.78. The van der Waals surface area contributed by atoms with Gasteiger partial charge in [-0.2, -0.15) is 5.10 Å². The van der Waals surface area contributed by atoms with Gasteiger partial charge in [-0.25, -0.2) is 0 Å². The van der Waals surface area contributed by atoms with E-state index in [-0.39, 0.29) is 18.2 Å². The van der Waals surface area contributed by atoms with E-state index in [0.717, 1.165) is 22.5 Å². The van der Waals surface area contributed by atoms with Gasteiger partial charge in [-0.05, 0) is 38.5 Å². The van der Waals surface area contributed by atoms with Crippen LogP contribution in [0.1, 0.15) is 29.7 Å². The SMILES string of the molecule is Cc1ccc(NC(=O)CCNC(=O)CCn2nccc2C)c(C)c1. The average molecular weight is 328 g/mol. The molecule has 1 heterocycles. The highest BCUT2D eigenvalue weighted by Gasteiger charge is 2.07. The Balaban J connectivity index is 1.68. The number of nitrogens with one attached hydrogen (secondary N) is 2. The summed E-state index contributed by atoms with van der Waals surface area (Å²) in [7, 11) is 0. The van der Waals surface area contributed by atoms with Gasteiger partial charge in [0.2, 0.25) is 11.8 Å². The zero-order valence-corrected chi connectivity index (χ0v) is 14.4. The Morgan fingerprint density at radius 1 is 1.08 bits per heavy atom. The van der Waals surface area contributed by atoms with Crippen LogP contribution in [0.3, 0.4) is 0 Å². The molecular weight excluding hydrogens is 304 g/mol. The Morgan fingerprint density at radius 3 is 2.54 bits per heavy atom. The highest BCUT2D eigenvalue weighted by molar-refractivity contribution is 5.91. The van der Waals surface area contributed by atoms with Crippen molar-refractivity contribution < 1.29 is 9.59 Å². The van der Waals surface area contributed by atoms with E-state index in [1.807, 2.05) is 45.0 Å². The quantitative estimate of drug-likeness (QED) is 0.819. The molecule has 0 spiro atoms. The van der Waals surface area contributed by atoms with Gasteiger partial charge >= 0.3 is 0 Å². The lowest BCUT2D eigenvalue weighted by molar-refractivity contribution is -0.121. The number of hydrogen-bond donors (Lipinski definition) is 2. The van der Waals surface area contributed by atoms with Crippen LogP contribution in [0.15, 0.2) is 30.5 Å². The minimum absolute atomic E-state index is 0.0794. The van der Waals surface area contributed by atoms with Crippen molar-refractivity contribution >= 4 is 17.5 Å². The number of anilines is 1. The molecule has 2 N–H and O–H groups in total. The van der Waals surface area contributed by atoms with Crippen molar-refractivity contribution in [1.82, 2.24) is 15.1 Å². The van der Waals surface area contributed by atoms with Gasteiger partial charge in [0.05, 0.1) is 0 Å². The van der Waals surface area contributed by atoms with Crippen LogP contribution in [0.2, 0.25) is 0 Å². The molecule has 2 amide bonds. The number of aromatic nitrogens is 2. The second-order valence-corrected chi connectivity index (χ2v) is 5.91. The maximum absolute atomic E-state index is 11.9. The summed E-state index contributed by atoms with van der Waals surface area (Å²) in [5, 5.41) is 9.76. The molecule has 0 radical (unpaired) electrons. The first-order chi connectivity index (χ1) is 11.5. The van der Waals surface area contributed by atoms with E-state index >= 15 is 0 Å². The second-order valence-electron chi connectivity index (χ2n) is 5.91. The molecule has 1 aromatic heterocycles. The Kier molecular flexibility index (Phi) is 6.12. The molecule has 0 atom stereocenters. The summed E-state index contributed by atoms with van der Waals surface area (Å²) in [5.74, 6) is -0.186. The third-order valence-corrected chi connectivity index (χ3v) is 3.81. The molecule has 0 fully saturated rings. The average Bonchev–Trinajstić information content (AvgIpc) is 2.93. The molecule has 0 aliphatic rings. The maximum Gasteiger partial charge on any atom is 0.226 e. The van der Waals surface area contributed by atoms with Crippen LogP contribution < -0.4 is 10.6 Å². The van der Waals surface area contributed by atoms with E-state index in [1.165, 1.54) is 0 Å². The minimum atomic E-state index is -0.106. The third kappa shape index (κ3) is 5.22. The van der Waals surface area contributed by atoms with Gasteiger partial charge in [-0.3, -0.25) is 14.3 Å². The van der Waals surface area contributed by atoms with E-state index in [0.29, 0.717) is 19.5 Å². The topological polar surface area (TPSA) is 76.0 Å². The molecular formula is C18H24N4O2. The van der Waals surface area contributed by atoms with E-state index in [2.05, 4.69) is 15.7 Å². The van der Waals surface area contributed by atoms with Crippen LogP contribution in [0, 0.1) is 20.8 Å². The Hall–Kier alpha value is -2.63. The largest absolute Gasteiger partial charge is 0.356 e. The van der Waals surface area contributed by atoms with E-state index in [4.69, 9.17) is 0 Å². The van der Waals surface area contributed by atoms with Crippen LogP contribution >= 0.6 is 0 Å². The molecule has 0 bridgehead atoms. The smallest absolute Gasteiger partial charge is 0.226 e. The lowest BCUT2D eigenvalue weighted by atomic mass is 10.1. The monoisotopic (exact) mass is 328 g/mol. The van der Waals surface area contributed by atoms with Crippen LogP contribution in [0.5, 0.6) is 0 Å². The number of nitrogens with zero attached hydrogens (tertiary/aromatic N) is 2.